The van der Waals surface area contributed by atoms with Gasteiger partial charge in [0.1, 0.15) is 0 Å². The number of hydrogen-bond acceptors (Lipinski definition) is 5. The Kier molecular flexibility index (Phi) is 4.92. The van der Waals surface area contributed by atoms with Crippen molar-refractivity contribution in [1.82, 2.24) is 4.90 Å². The monoisotopic (exact) mass is 381 g/mol. The zero-order valence-electron chi connectivity index (χ0n) is 16.0. The van der Waals surface area contributed by atoms with Gasteiger partial charge in [-0.15, -0.1) is 0 Å². The molecule has 2 aliphatic heterocycles. The molecule has 2 aromatic carbocycles. The van der Waals surface area contributed by atoms with Crippen molar-refractivity contribution in [3.05, 3.63) is 48.0 Å². The number of amides is 2. The summed E-state index contributed by atoms with van der Waals surface area (Å²) in [5, 5.41) is 2.88. The average molecular weight is 381 g/mol. The lowest BCUT2D eigenvalue weighted by Gasteiger charge is -2.29. The van der Waals surface area contributed by atoms with E-state index in [1.54, 1.807) is 4.90 Å². The molecule has 0 fully saturated rings. The molecule has 28 heavy (non-hydrogen) atoms. The van der Waals surface area contributed by atoms with Crippen LogP contribution in [0.15, 0.2) is 42.5 Å². The molecule has 1 N–H and O–H groups in total. The van der Waals surface area contributed by atoms with Crippen LogP contribution in [-0.4, -0.2) is 43.1 Å². The van der Waals surface area contributed by atoms with Crippen molar-refractivity contribution >= 4 is 23.2 Å². The molecule has 0 bridgehead atoms. The summed E-state index contributed by atoms with van der Waals surface area (Å²) in [6, 6.07) is 13.0. The number of ether oxygens (including phenoxy) is 2. The third-order valence-electron chi connectivity index (χ3n) is 4.92. The predicted octanol–water partition coefficient (Wildman–Crippen LogP) is 2.61. The van der Waals surface area contributed by atoms with Crippen molar-refractivity contribution in [2.75, 3.05) is 30.6 Å². The Bertz CT molecular complexity index is 914. The Hall–Kier alpha value is -3.06. The van der Waals surface area contributed by atoms with Gasteiger partial charge in [-0.25, -0.2) is 0 Å². The molecule has 0 spiro atoms. The largest absolute Gasteiger partial charge is 0.454 e. The lowest BCUT2D eigenvalue weighted by molar-refractivity contribution is -0.120. The van der Waals surface area contributed by atoms with Crippen LogP contribution in [0, 0.1) is 0 Å². The van der Waals surface area contributed by atoms with Crippen molar-refractivity contribution in [1.29, 1.82) is 0 Å². The van der Waals surface area contributed by atoms with Crippen LogP contribution < -0.4 is 19.7 Å². The maximum atomic E-state index is 13.1. The molecule has 2 aliphatic rings. The fourth-order valence-corrected chi connectivity index (χ4v) is 3.68. The van der Waals surface area contributed by atoms with Crippen LogP contribution in [0.4, 0.5) is 11.4 Å². The van der Waals surface area contributed by atoms with Crippen molar-refractivity contribution in [2.24, 2.45) is 0 Å². The highest BCUT2D eigenvalue weighted by molar-refractivity contribution is 6.04. The van der Waals surface area contributed by atoms with Gasteiger partial charge in [0.2, 0.25) is 18.6 Å². The lowest BCUT2D eigenvalue weighted by Crippen LogP contribution is -2.44. The van der Waals surface area contributed by atoms with E-state index >= 15 is 0 Å². The maximum Gasteiger partial charge on any atom is 0.241 e. The Labute approximate surface area is 163 Å². The van der Waals surface area contributed by atoms with Gasteiger partial charge in [0, 0.05) is 19.0 Å². The minimum Gasteiger partial charge on any atom is -0.454 e. The smallest absolute Gasteiger partial charge is 0.241 e. The number of nitrogens with zero attached hydrogens (tertiary/aromatic N) is 2. The summed E-state index contributed by atoms with van der Waals surface area (Å²) in [6.45, 7) is 2.98. The van der Waals surface area contributed by atoms with E-state index in [4.69, 9.17) is 9.47 Å². The van der Waals surface area contributed by atoms with Gasteiger partial charge < -0.3 is 19.7 Å². The molecule has 2 heterocycles. The zero-order valence-corrected chi connectivity index (χ0v) is 16.0. The lowest BCUT2D eigenvalue weighted by atomic mass is 10.1. The second-order valence-corrected chi connectivity index (χ2v) is 7.24. The van der Waals surface area contributed by atoms with Crippen molar-refractivity contribution in [3.63, 3.8) is 0 Å². The summed E-state index contributed by atoms with van der Waals surface area (Å²) in [5.41, 5.74) is 2.45. The van der Waals surface area contributed by atoms with Gasteiger partial charge in [-0.1, -0.05) is 18.2 Å². The van der Waals surface area contributed by atoms with Crippen molar-refractivity contribution < 1.29 is 19.1 Å². The van der Waals surface area contributed by atoms with Crippen LogP contribution >= 0.6 is 0 Å². The molecule has 146 valence electrons. The van der Waals surface area contributed by atoms with Crippen LogP contribution in [0.5, 0.6) is 11.5 Å². The van der Waals surface area contributed by atoms with E-state index in [0.29, 0.717) is 12.2 Å². The fraction of sp³-hybridized carbons (Fsp3) is 0.333. The van der Waals surface area contributed by atoms with Gasteiger partial charge in [0.25, 0.3) is 0 Å². The van der Waals surface area contributed by atoms with E-state index in [1.807, 2.05) is 61.3 Å². The molecular weight excluding hydrogens is 358 g/mol. The first-order valence-corrected chi connectivity index (χ1v) is 9.29. The van der Waals surface area contributed by atoms with E-state index in [0.717, 1.165) is 22.7 Å². The molecule has 2 aromatic rings. The molecule has 7 nitrogen and oxygen atoms in total. The summed E-state index contributed by atoms with van der Waals surface area (Å²) in [4.78, 5) is 28.9. The second kappa shape index (κ2) is 7.52. The van der Waals surface area contributed by atoms with Gasteiger partial charge in [-0.2, -0.15) is 0 Å². The molecule has 0 aromatic heterocycles. The number of para-hydroxylation sites is 2. The molecular formula is C21H23N3O4. The normalized spacial score (nSPS) is 17.9. The van der Waals surface area contributed by atoms with E-state index in [2.05, 4.69) is 5.32 Å². The first-order valence-electron chi connectivity index (χ1n) is 9.29. The molecule has 0 saturated heterocycles. The van der Waals surface area contributed by atoms with Gasteiger partial charge in [-0.05, 0) is 43.8 Å². The van der Waals surface area contributed by atoms with E-state index in [-0.39, 0.29) is 37.6 Å². The van der Waals surface area contributed by atoms with Gasteiger partial charge in [0.15, 0.2) is 11.5 Å². The van der Waals surface area contributed by atoms with E-state index in [1.165, 1.54) is 0 Å². The molecule has 0 aliphatic carbocycles. The quantitative estimate of drug-likeness (QED) is 0.882. The number of nitrogens with one attached hydrogen (secondary N) is 1. The van der Waals surface area contributed by atoms with Crippen molar-refractivity contribution in [3.8, 4) is 11.5 Å². The molecule has 2 amide bonds. The predicted molar refractivity (Wildman–Crippen MR) is 106 cm³/mol. The molecule has 4 rings (SSSR count). The third-order valence-corrected chi connectivity index (χ3v) is 4.92. The number of carbonyl (C=O) groups is 2. The van der Waals surface area contributed by atoms with Crippen LogP contribution in [0.2, 0.25) is 0 Å². The Balaban J connectivity index is 1.48. The number of fused-ring (bicyclic) bond motifs is 2. The summed E-state index contributed by atoms with van der Waals surface area (Å²) < 4.78 is 10.8. The number of hydrogen-bond donors (Lipinski definition) is 1. The summed E-state index contributed by atoms with van der Waals surface area (Å²) in [7, 11) is 1.90. The number of anilines is 2. The van der Waals surface area contributed by atoms with E-state index < -0.39 is 0 Å². The Morgan fingerprint density at radius 1 is 1.21 bits per heavy atom. The fourth-order valence-electron chi connectivity index (χ4n) is 3.68. The molecule has 1 atom stereocenters. The van der Waals surface area contributed by atoms with Gasteiger partial charge in [0.05, 0.1) is 17.9 Å². The number of rotatable bonds is 4. The first kappa shape index (κ1) is 18.3. The molecule has 0 radical (unpaired) electrons. The Morgan fingerprint density at radius 2 is 2.00 bits per heavy atom. The maximum absolute atomic E-state index is 13.1. The summed E-state index contributed by atoms with van der Waals surface area (Å²) in [6.07, 6.45) is 0.270. The highest BCUT2D eigenvalue weighted by atomic mass is 16.7. The zero-order chi connectivity index (χ0) is 19.7. The SMILES string of the molecule is CC1CC(=O)Nc2ccccc2N1C(=O)CN(C)Cc1ccc2c(c1)OCO2. The van der Waals surface area contributed by atoms with Gasteiger partial charge in [-0.3, -0.25) is 14.5 Å². The highest BCUT2D eigenvalue weighted by Gasteiger charge is 2.29. The molecule has 0 saturated carbocycles. The Morgan fingerprint density at radius 3 is 2.86 bits per heavy atom. The number of carbonyl (C=O) groups excluding carboxylic acids is 2. The van der Waals surface area contributed by atoms with Crippen LogP contribution in [0.3, 0.4) is 0 Å². The van der Waals surface area contributed by atoms with Crippen LogP contribution in [0.1, 0.15) is 18.9 Å². The number of benzene rings is 2. The van der Waals surface area contributed by atoms with Gasteiger partial charge >= 0.3 is 0 Å². The highest BCUT2D eigenvalue weighted by Crippen LogP contribution is 2.33. The first-order chi connectivity index (χ1) is 13.5. The standard InChI is InChI=1S/C21H23N3O4/c1-14-9-20(25)22-16-5-3-4-6-17(16)24(14)21(26)12-23(2)11-15-7-8-18-19(10-15)28-13-27-18/h3-8,10,14H,9,11-13H2,1-2H3,(H,22,25). The topological polar surface area (TPSA) is 71.1 Å². The minimum atomic E-state index is -0.213. The second-order valence-electron chi connectivity index (χ2n) is 7.24. The van der Waals surface area contributed by atoms with Crippen molar-refractivity contribution in [2.45, 2.75) is 25.9 Å². The van der Waals surface area contributed by atoms with Crippen LogP contribution in [0.25, 0.3) is 0 Å². The molecule has 1 unspecified atom stereocenters. The van der Waals surface area contributed by atoms with Crippen LogP contribution in [-0.2, 0) is 16.1 Å². The molecule has 7 heteroatoms. The minimum absolute atomic E-state index is 0.0420. The van der Waals surface area contributed by atoms with E-state index in [9.17, 15) is 9.59 Å². The average Bonchev–Trinajstić information content (AvgIpc) is 3.05. The third kappa shape index (κ3) is 3.66. The summed E-state index contributed by atoms with van der Waals surface area (Å²) >= 11 is 0. The number of likely N-dealkylation sites (N-methyl/N-ethyl adjacent to an activating group) is 1. The summed E-state index contributed by atoms with van der Waals surface area (Å²) in [5.74, 6) is 1.36.